The van der Waals surface area contributed by atoms with Gasteiger partial charge in [0.1, 0.15) is 11.0 Å². The van der Waals surface area contributed by atoms with Crippen molar-refractivity contribution in [3.63, 3.8) is 0 Å². The van der Waals surface area contributed by atoms with Crippen LogP contribution in [0.1, 0.15) is 10.4 Å². The Bertz CT molecular complexity index is 1210. The molecular formula is C23H17ClN4O3. The van der Waals surface area contributed by atoms with E-state index in [0.717, 1.165) is 11.3 Å². The van der Waals surface area contributed by atoms with E-state index in [1.807, 2.05) is 60.7 Å². The minimum atomic E-state index is -0.727. The molecule has 0 aliphatic heterocycles. The zero-order valence-electron chi connectivity index (χ0n) is 16.2. The lowest BCUT2D eigenvalue weighted by Crippen LogP contribution is -2.22. The van der Waals surface area contributed by atoms with Gasteiger partial charge in [-0.05, 0) is 24.3 Å². The van der Waals surface area contributed by atoms with Gasteiger partial charge in [-0.2, -0.15) is 5.10 Å². The van der Waals surface area contributed by atoms with E-state index >= 15 is 0 Å². The van der Waals surface area contributed by atoms with Gasteiger partial charge in [0.2, 0.25) is 0 Å². The molecule has 0 spiro atoms. The number of carbonyl (C=O) groups is 2. The highest BCUT2D eigenvalue weighted by Crippen LogP contribution is 2.24. The minimum absolute atomic E-state index is 0.0163. The number of rotatable bonds is 6. The second-order valence-electron chi connectivity index (χ2n) is 6.49. The van der Waals surface area contributed by atoms with Gasteiger partial charge in [0.05, 0.1) is 16.9 Å². The highest BCUT2D eigenvalue weighted by Gasteiger charge is 2.17. The number of carbonyl (C=O) groups excluding carboxylic acids is 2. The number of nitrogens with zero attached hydrogens (tertiary/aromatic N) is 3. The molecule has 154 valence electrons. The second-order valence-corrected chi connectivity index (χ2v) is 6.85. The summed E-state index contributed by atoms with van der Waals surface area (Å²) in [4.78, 5) is 28.5. The van der Waals surface area contributed by atoms with Crippen molar-refractivity contribution in [1.82, 2.24) is 14.8 Å². The number of aromatic nitrogens is 3. The van der Waals surface area contributed by atoms with E-state index in [1.54, 1.807) is 16.8 Å². The summed E-state index contributed by atoms with van der Waals surface area (Å²) in [5.41, 5.74) is 2.47. The topological polar surface area (TPSA) is 86.1 Å². The Labute approximate surface area is 183 Å². The van der Waals surface area contributed by atoms with Crippen molar-refractivity contribution in [3.8, 4) is 16.9 Å². The van der Waals surface area contributed by atoms with Crippen LogP contribution in [0.3, 0.4) is 0 Å². The maximum absolute atomic E-state index is 12.5. The van der Waals surface area contributed by atoms with E-state index in [4.69, 9.17) is 16.3 Å². The van der Waals surface area contributed by atoms with Crippen molar-refractivity contribution in [3.05, 3.63) is 95.8 Å². The number of hydrogen-bond acceptors (Lipinski definition) is 5. The Hall–Kier alpha value is -3.97. The van der Waals surface area contributed by atoms with E-state index in [0.29, 0.717) is 11.5 Å². The molecule has 4 aromatic rings. The molecule has 0 saturated heterocycles. The number of hydrogen-bond donors (Lipinski definition) is 1. The molecule has 0 atom stereocenters. The first-order valence-electron chi connectivity index (χ1n) is 9.40. The molecule has 0 bridgehead atoms. The highest BCUT2D eigenvalue weighted by atomic mass is 35.5. The second kappa shape index (κ2) is 9.23. The van der Waals surface area contributed by atoms with Gasteiger partial charge in [0, 0.05) is 17.8 Å². The van der Waals surface area contributed by atoms with Gasteiger partial charge in [-0.3, -0.25) is 4.79 Å². The quantitative estimate of drug-likeness (QED) is 0.361. The number of benzene rings is 2. The van der Waals surface area contributed by atoms with Crippen molar-refractivity contribution in [2.45, 2.75) is 0 Å². The SMILES string of the molecule is O=C(COC(=O)c1cccnc1Cl)Nc1cc(-c2ccccc2)nn1-c1ccccc1. The molecule has 0 radical (unpaired) electrons. The zero-order chi connectivity index (χ0) is 21.6. The van der Waals surface area contributed by atoms with E-state index < -0.39 is 18.5 Å². The van der Waals surface area contributed by atoms with E-state index in [9.17, 15) is 9.59 Å². The van der Waals surface area contributed by atoms with E-state index in [-0.39, 0.29) is 10.7 Å². The van der Waals surface area contributed by atoms with Gasteiger partial charge < -0.3 is 10.1 Å². The maximum Gasteiger partial charge on any atom is 0.341 e. The van der Waals surface area contributed by atoms with Gasteiger partial charge in [-0.25, -0.2) is 14.5 Å². The van der Waals surface area contributed by atoms with Crippen LogP contribution in [-0.2, 0) is 9.53 Å². The summed E-state index contributed by atoms with van der Waals surface area (Å²) in [6, 6.07) is 23.8. The fraction of sp³-hybridized carbons (Fsp3) is 0.0435. The highest BCUT2D eigenvalue weighted by molar-refractivity contribution is 6.32. The third-order valence-electron chi connectivity index (χ3n) is 4.36. The van der Waals surface area contributed by atoms with Crippen molar-refractivity contribution < 1.29 is 14.3 Å². The first-order valence-corrected chi connectivity index (χ1v) is 9.78. The standard InChI is InChI=1S/C23H17ClN4O3/c24-22-18(12-7-13-25-22)23(30)31-15-21(29)26-20-14-19(16-8-3-1-4-9-16)27-28(20)17-10-5-2-6-11-17/h1-14H,15H2,(H,26,29). The van der Waals surface area contributed by atoms with Crippen LogP contribution in [0.2, 0.25) is 5.15 Å². The van der Waals surface area contributed by atoms with Crippen molar-refractivity contribution in [1.29, 1.82) is 0 Å². The zero-order valence-corrected chi connectivity index (χ0v) is 17.0. The number of halogens is 1. The van der Waals surface area contributed by atoms with Crippen molar-refractivity contribution in [2.75, 3.05) is 11.9 Å². The minimum Gasteiger partial charge on any atom is -0.452 e. The van der Waals surface area contributed by atoms with Crippen molar-refractivity contribution in [2.24, 2.45) is 0 Å². The lowest BCUT2D eigenvalue weighted by atomic mass is 10.2. The van der Waals surface area contributed by atoms with Gasteiger partial charge in [-0.1, -0.05) is 60.1 Å². The summed E-state index contributed by atoms with van der Waals surface area (Å²) in [7, 11) is 0. The van der Waals surface area contributed by atoms with Crippen LogP contribution >= 0.6 is 11.6 Å². The molecule has 0 aliphatic carbocycles. The Balaban J connectivity index is 1.53. The lowest BCUT2D eigenvalue weighted by Gasteiger charge is -2.09. The maximum atomic E-state index is 12.5. The molecule has 0 aliphatic rings. The van der Waals surface area contributed by atoms with Crippen LogP contribution in [0.4, 0.5) is 5.82 Å². The van der Waals surface area contributed by atoms with Crippen LogP contribution in [0.5, 0.6) is 0 Å². The monoisotopic (exact) mass is 432 g/mol. The molecule has 2 aromatic carbocycles. The molecule has 0 unspecified atom stereocenters. The Morgan fingerprint density at radius 2 is 1.68 bits per heavy atom. The predicted molar refractivity (Wildman–Crippen MR) is 117 cm³/mol. The van der Waals surface area contributed by atoms with Crippen LogP contribution in [0, 0.1) is 0 Å². The predicted octanol–water partition coefficient (Wildman–Crippen LogP) is 4.38. The summed E-state index contributed by atoms with van der Waals surface area (Å²) in [6.45, 7) is -0.481. The molecule has 4 rings (SSSR count). The summed E-state index contributed by atoms with van der Waals surface area (Å²) in [5, 5.41) is 7.40. The Kier molecular flexibility index (Phi) is 6.05. The lowest BCUT2D eigenvalue weighted by molar-refractivity contribution is -0.119. The Morgan fingerprint density at radius 3 is 2.39 bits per heavy atom. The van der Waals surface area contributed by atoms with E-state index in [1.165, 1.54) is 12.3 Å². The first kappa shape index (κ1) is 20.3. The van der Waals surface area contributed by atoms with Crippen LogP contribution < -0.4 is 5.32 Å². The molecule has 7 nitrogen and oxygen atoms in total. The van der Waals surface area contributed by atoms with Gasteiger partial charge in [0.15, 0.2) is 6.61 Å². The van der Waals surface area contributed by atoms with Crippen LogP contribution in [0.25, 0.3) is 16.9 Å². The molecule has 0 saturated carbocycles. The molecule has 31 heavy (non-hydrogen) atoms. The fourth-order valence-corrected chi connectivity index (χ4v) is 3.11. The number of anilines is 1. The number of esters is 1. The number of nitrogens with one attached hydrogen (secondary N) is 1. The van der Waals surface area contributed by atoms with Gasteiger partial charge in [-0.15, -0.1) is 0 Å². The third kappa shape index (κ3) is 4.79. The number of para-hydroxylation sites is 1. The largest absolute Gasteiger partial charge is 0.452 e. The number of pyridine rings is 1. The summed E-state index contributed by atoms with van der Waals surface area (Å²) >= 11 is 5.89. The Morgan fingerprint density at radius 1 is 0.968 bits per heavy atom. The average molecular weight is 433 g/mol. The normalized spacial score (nSPS) is 10.5. The van der Waals surface area contributed by atoms with Gasteiger partial charge in [0.25, 0.3) is 5.91 Å². The van der Waals surface area contributed by atoms with Crippen LogP contribution in [0.15, 0.2) is 85.1 Å². The molecule has 1 N–H and O–H groups in total. The third-order valence-corrected chi connectivity index (χ3v) is 4.66. The van der Waals surface area contributed by atoms with Crippen LogP contribution in [-0.4, -0.2) is 33.2 Å². The molecule has 8 heteroatoms. The van der Waals surface area contributed by atoms with Gasteiger partial charge >= 0.3 is 5.97 Å². The summed E-state index contributed by atoms with van der Waals surface area (Å²) in [6.07, 6.45) is 1.46. The molecule has 0 fully saturated rings. The average Bonchev–Trinajstić information content (AvgIpc) is 3.22. The number of amides is 1. The van der Waals surface area contributed by atoms with E-state index in [2.05, 4.69) is 15.4 Å². The molecule has 1 amide bonds. The number of ether oxygens (including phenoxy) is 1. The smallest absolute Gasteiger partial charge is 0.341 e. The summed E-state index contributed by atoms with van der Waals surface area (Å²) < 4.78 is 6.70. The summed E-state index contributed by atoms with van der Waals surface area (Å²) in [5.74, 6) is -0.787. The molecular weight excluding hydrogens is 416 g/mol. The molecule has 2 heterocycles. The molecule has 2 aromatic heterocycles. The first-order chi connectivity index (χ1) is 15.1. The van der Waals surface area contributed by atoms with Crippen molar-refractivity contribution >= 4 is 29.3 Å². The fourth-order valence-electron chi connectivity index (χ4n) is 2.91.